The summed E-state index contributed by atoms with van der Waals surface area (Å²) in [5.74, 6) is 0.536. The van der Waals surface area contributed by atoms with E-state index in [4.69, 9.17) is 13.9 Å². The number of carbonyl (C=O) groups excluding carboxylic acids is 1. The molecule has 4 saturated heterocycles. The van der Waals surface area contributed by atoms with Gasteiger partial charge in [-0.05, 0) is 73.8 Å². The van der Waals surface area contributed by atoms with Crippen LogP contribution in [-0.4, -0.2) is 60.8 Å². The Morgan fingerprint density at radius 2 is 1.88 bits per heavy atom. The molecule has 8 nitrogen and oxygen atoms in total. The zero-order valence-electron chi connectivity index (χ0n) is 23.1. The third kappa shape index (κ3) is 5.13. The molecule has 0 spiro atoms. The second-order valence-electron chi connectivity index (χ2n) is 11.3. The van der Waals surface area contributed by atoms with E-state index in [0.29, 0.717) is 47.3 Å². The molecule has 2 aromatic heterocycles. The number of piperidine rings is 3. The molecule has 0 aliphatic carbocycles. The summed E-state index contributed by atoms with van der Waals surface area (Å²) in [5, 5.41) is 13.0. The maximum atomic E-state index is 15.4. The number of ether oxygens (including phenoxy) is 2. The zero-order chi connectivity index (χ0) is 28.6. The van der Waals surface area contributed by atoms with Crippen LogP contribution in [0.4, 0.5) is 4.39 Å². The number of hydrogen-bond acceptors (Lipinski definition) is 7. The largest absolute Gasteiger partial charge is 0.489 e. The van der Waals surface area contributed by atoms with Crippen LogP contribution in [0.25, 0.3) is 33.6 Å². The maximum Gasteiger partial charge on any atom is 0.251 e. The van der Waals surface area contributed by atoms with Crippen molar-refractivity contribution in [2.45, 2.75) is 37.8 Å². The Kier molecular flexibility index (Phi) is 7.10. The molecule has 6 heterocycles. The molecule has 4 fully saturated rings. The molecule has 1 amide bonds. The van der Waals surface area contributed by atoms with Crippen LogP contribution >= 0.6 is 0 Å². The summed E-state index contributed by atoms with van der Waals surface area (Å²) in [7, 11) is 0. The van der Waals surface area contributed by atoms with Gasteiger partial charge in [-0.15, -0.1) is 0 Å². The molecule has 4 aliphatic heterocycles. The van der Waals surface area contributed by atoms with Gasteiger partial charge in [0.2, 0.25) is 0 Å². The lowest BCUT2D eigenvalue weighted by Crippen LogP contribution is -2.57. The third-order valence-electron chi connectivity index (χ3n) is 8.75. The Morgan fingerprint density at radius 1 is 1.05 bits per heavy atom. The molecule has 214 valence electrons. The summed E-state index contributed by atoms with van der Waals surface area (Å²) in [6, 6.07) is 15.8. The number of furan rings is 1. The lowest BCUT2D eigenvalue weighted by atomic mass is 9.84. The van der Waals surface area contributed by atoms with E-state index in [1.807, 2.05) is 12.1 Å². The van der Waals surface area contributed by atoms with Crippen LogP contribution in [-0.2, 0) is 4.74 Å². The normalized spacial score (nSPS) is 22.1. The molecule has 1 N–H and O–H groups in total. The summed E-state index contributed by atoms with van der Waals surface area (Å²) in [5.41, 5.74) is 3.50. The standard InChI is InChI=1S/C33H31FN4O4/c34-27-16-22(33(39)37-29-19-38-11-6-20(29)7-12-38)1-3-26(27)31-17-28-32(42-31)25(5-10-36-28)21-2-4-30(23(15-21)18-35)41-24-8-13-40-14-9-24/h1-5,10,15-17,20,24,29H,6-9,11-14,19H2,(H,37,39). The van der Waals surface area contributed by atoms with E-state index in [1.165, 1.54) is 6.07 Å². The average Bonchev–Trinajstić information content (AvgIpc) is 3.47. The van der Waals surface area contributed by atoms with Gasteiger partial charge in [0, 0.05) is 48.8 Å². The predicted octanol–water partition coefficient (Wildman–Crippen LogP) is 5.55. The van der Waals surface area contributed by atoms with Gasteiger partial charge in [-0.3, -0.25) is 9.78 Å². The lowest BCUT2D eigenvalue weighted by Gasteiger charge is -2.44. The highest BCUT2D eigenvalue weighted by molar-refractivity contribution is 5.96. The van der Waals surface area contributed by atoms with Gasteiger partial charge in [0.1, 0.15) is 35.0 Å². The Labute approximate surface area is 243 Å². The third-order valence-corrected chi connectivity index (χ3v) is 8.75. The van der Waals surface area contributed by atoms with Gasteiger partial charge in [0.25, 0.3) is 5.91 Å². The van der Waals surface area contributed by atoms with Crippen molar-refractivity contribution >= 4 is 17.0 Å². The van der Waals surface area contributed by atoms with Crippen molar-refractivity contribution in [1.82, 2.24) is 15.2 Å². The molecular weight excluding hydrogens is 535 g/mol. The van der Waals surface area contributed by atoms with Crippen LogP contribution in [0.5, 0.6) is 5.75 Å². The smallest absolute Gasteiger partial charge is 0.251 e. The second kappa shape index (κ2) is 11.2. The van der Waals surface area contributed by atoms with Crippen LogP contribution in [0.1, 0.15) is 41.6 Å². The van der Waals surface area contributed by atoms with Gasteiger partial charge in [-0.1, -0.05) is 6.07 Å². The highest BCUT2D eigenvalue weighted by Crippen LogP contribution is 2.36. The topological polar surface area (TPSA) is 101 Å². The Morgan fingerprint density at radius 3 is 2.62 bits per heavy atom. The predicted molar refractivity (Wildman–Crippen MR) is 154 cm³/mol. The minimum absolute atomic E-state index is 0.0182. The van der Waals surface area contributed by atoms with E-state index in [1.54, 1.807) is 36.5 Å². The number of nitrogens with one attached hydrogen (secondary N) is 1. The first-order valence-electron chi connectivity index (χ1n) is 14.6. The van der Waals surface area contributed by atoms with Crippen molar-refractivity contribution in [2.24, 2.45) is 5.92 Å². The molecule has 2 bridgehead atoms. The molecule has 2 aromatic carbocycles. The fourth-order valence-corrected chi connectivity index (χ4v) is 6.40. The van der Waals surface area contributed by atoms with Gasteiger partial charge in [-0.25, -0.2) is 4.39 Å². The highest BCUT2D eigenvalue weighted by atomic mass is 19.1. The number of fused-ring (bicyclic) bond motifs is 4. The molecule has 1 atom stereocenters. The number of amides is 1. The fourth-order valence-electron chi connectivity index (χ4n) is 6.40. The van der Waals surface area contributed by atoms with Crippen molar-refractivity contribution < 1.29 is 23.1 Å². The van der Waals surface area contributed by atoms with Crippen molar-refractivity contribution in [3.05, 3.63) is 71.7 Å². The van der Waals surface area contributed by atoms with Crippen molar-refractivity contribution in [1.29, 1.82) is 5.26 Å². The van der Waals surface area contributed by atoms with Crippen LogP contribution in [0.3, 0.4) is 0 Å². The van der Waals surface area contributed by atoms with Gasteiger partial charge in [0.15, 0.2) is 5.58 Å². The highest BCUT2D eigenvalue weighted by Gasteiger charge is 2.35. The first-order valence-corrected chi connectivity index (χ1v) is 14.6. The Hall–Kier alpha value is -4.26. The zero-order valence-corrected chi connectivity index (χ0v) is 23.1. The van der Waals surface area contributed by atoms with E-state index >= 15 is 4.39 Å². The number of carbonyl (C=O) groups is 1. The monoisotopic (exact) mass is 566 g/mol. The number of halogens is 1. The molecule has 9 heteroatoms. The molecule has 0 saturated carbocycles. The van der Waals surface area contributed by atoms with E-state index in [2.05, 4.69) is 21.3 Å². The van der Waals surface area contributed by atoms with Gasteiger partial charge < -0.3 is 24.1 Å². The van der Waals surface area contributed by atoms with Crippen molar-refractivity contribution in [2.75, 3.05) is 32.8 Å². The molecule has 42 heavy (non-hydrogen) atoms. The molecule has 4 aromatic rings. The fraction of sp³-hybridized carbons (Fsp3) is 0.364. The van der Waals surface area contributed by atoms with Crippen LogP contribution in [0.2, 0.25) is 0 Å². The van der Waals surface area contributed by atoms with Crippen LogP contribution < -0.4 is 10.1 Å². The van der Waals surface area contributed by atoms with Gasteiger partial charge >= 0.3 is 0 Å². The Balaban J connectivity index is 1.13. The van der Waals surface area contributed by atoms with Gasteiger partial charge in [-0.2, -0.15) is 5.26 Å². The Bertz CT molecular complexity index is 1680. The number of benzene rings is 2. The summed E-state index contributed by atoms with van der Waals surface area (Å²) in [6.07, 6.45) is 5.43. The minimum Gasteiger partial charge on any atom is -0.489 e. The van der Waals surface area contributed by atoms with Crippen molar-refractivity contribution in [3.8, 4) is 34.3 Å². The summed E-state index contributed by atoms with van der Waals surface area (Å²) in [6.45, 7) is 4.33. The summed E-state index contributed by atoms with van der Waals surface area (Å²) < 4.78 is 33.1. The quantitative estimate of drug-likeness (QED) is 0.326. The second-order valence-corrected chi connectivity index (χ2v) is 11.3. The number of hydrogen-bond donors (Lipinski definition) is 1. The SMILES string of the molecule is N#Cc1cc(-c2ccnc3cc(-c4ccc(C(=O)NC5CN6CCC5CC6)cc4F)oc23)ccc1OC1CCOCC1. The number of pyridine rings is 1. The number of aromatic nitrogens is 1. The molecule has 1 unspecified atom stereocenters. The maximum absolute atomic E-state index is 15.4. The van der Waals surface area contributed by atoms with Crippen LogP contribution in [0.15, 0.2) is 59.1 Å². The first-order chi connectivity index (χ1) is 20.6. The molecule has 4 aliphatic rings. The minimum atomic E-state index is -0.543. The van der Waals surface area contributed by atoms with E-state index < -0.39 is 5.82 Å². The molecular formula is C33H31FN4O4. The van der Waals surface area contributed by atoms with E-state index in [0.717, 1.165) is 56.4 Å². The number of nitrogens with zero attached hydrogens (tertiary/aromatic N) is 3. The summed E-state index contributed by atoms with van der Waals surface area (Å²) in [4.78, 5) is 19.7. The summed E-state index contributed by atoms with van der Waals surface area (Å²) >= 11 is 0. The average molecular weight is 567 g/mol. The number of rotatable bonds is 6. The van der Waals surface area contributed by atoms with E-state index in [9.17, 15) is 10.1 Å². The number of nitriles is 1. The van der Waals surface area contributed by atoms with E-state index in [-0.39, 0.29) is 29.2 Å². The first kappa shape index (κ1) is 26.6. The van der Waals surface area contributed by atoms with Gasteiger partial charge in [0.05, 0.1) is 24.3 Å². The van der Waals surface area contributed by atoms with Crippen LogP contribution in [0, 0.1) is 23.1 Å². The lowest BCUT2D eigenvalue weighted by molar-refractivity contribution is 0.0254. The molecule has 0 radical (unpaired) electrons. The van der Waals surface area contributed by atoms with Crippen molar-refractivity contribution in [3.63, 3.8) is 0 Å². The molecule has 8 rings (SSSR count).